The third-order valence-electron chi connectivity index (χ3n) is 4.56. The van der Waals surface area contributed by atoms with E-state index in [2.05, 4.69) is 10.6 Å². The fourth-order valence-corrected chi connectivity index (χ4v) is 4.76. The van der Waals surface area contributed by atoms with Gasteiger partial charge in [-0.25, -0.2) is 13.2 Å². The number of alkyl carbamates (subject to hydrolysis) is 1. The van der Waals surface area contributed by atoms with E-state index < -0.39 is 22.0 Å². The Bertz CT molecular complexity index is 804. The Kier molecular flexibility index (Phi) is 8.71. The molecule has 0 saturated carbocycles. The summed E-state index contributed by atoms with van der Waals surface area (Å²) >= 11 is 0. The predicted octanol–water partition coefficient (Wildman–Crippen LogP) is 1.74. The Hall–Kier alpha value is -2.33. The van der Waals surface area contributed by atoms with Gasteiger partial charge in [-0.1, -0.05) is 12.8 Å². The van der Waals surface area contributed by atoms with Gasteiger partial charge in [0.15, 0.2) is 0 Å². The molecule has 1 aliphatic heterocycles. The maximum absolute atomic E-state index is 13.1. The molecule has 0 atom stereocenters. The van der Waals surface area contributed by atoms with Crippen LogP contribution in [0.4, 0.5) is 4.79 Å². The first kappa shape index (κ1) is 23.0. The van der Waals surface area contributed by atoms with Crippen LogP contribution < -0.4 is 15.4 Å². The molecule has 1 aliphatic rings. The van der Waals surface area contributed by atoms with Crippen LogP contribution in [0.3, 0.4) is 0 Å². The summed E-state index contributed by atoms with van der Waals surface area (Å²) in [6.07, 6.45) is 3.08. The van der Waals surface area contributed by atoms with Crippen molar-refractivity contribution in [1.82, 2.24) is 14.9 Å². The number of amides is 2. The van der Waals surface area contributed by atoms with Gasteiger partial charge >= 0.3 is 6.09 Å². The second-order valence-corrected chi connectivity index (χ2v) is 8.49. The van der Waals surface area contributed by atoms with Crippen LogP contribution in [0, 0.1) is 0 Å². The highest BCUT2D eigenvalue weighted by Gasteiger charge is 2.29. The van der Waals surface area contributed by atoms with Crippen LogP contribution in [-0.4, -0.2) is 64.6 Å². The maximum atomic E-state index is 13.1. The van der Waals surface area contributed by atoms with Crippen molar-refractivity contribution in [2.75, 3.05) is 39.9 Å². The predicted molar refractivity (Wildman–Crippen MR) is 108 cm³/mol. The van der Waals surface area contributed by atoms with Gasteiger partial charge in [-0.05, 0) is 38.0 Å². The van der Waals surface area contributed by atoms with Crippen LogP contribution in [0.1, 0.15) is 43.0 Å². The van der Waals surface area contributed by atoms with Gasteiger partial charge in [0.05, 0.1) is 13.7 Å². The molecule has 9 nitrogen and oxygen atoms in total. The number of hydrogen-bond acceptors (Lipinski definition) is 6. The molecular formula is C19H29N3O6S. The first-order valence-corrected chi connectivity index (χ1v) is 11.2. The summed E-state index contributed by atoms with van der Waals surface area (Å²) in [7, 11) is -2.37. The monoisotopic (exact) mass is 427 g/mol. The molecule has 1 saturated heterocycles. The molecule has 1 aromatic carbocycles. The molecule has 0 unspecified atom stereocenters. The minimum absolute atomic E-state index is 0.0146. The van der Waals surface area contributed by atoms with E-state index in [1.165, 1.54) is 29.6 Å². The molecule has 162 valence electrons. The molecule has 29 heavy (non-hydrogen) atoms. The Morgan fingerprint density at radius 2 is 1.72 bits per heavy atom. The molecule has 2 rings (SSSR count). The van der Waals surface area contributed by atoms with Gasteiger partial charge in [-0.2, -0.15) is 4.31 Å². The van der Waals surface area contributed by atoms with Crippen molar-refractivity contribution in [3.8, 4) is 5.75 Å². The maximum Gasteiger partial charge on any atom is 0.407 e. The van der Waals surface area contributed by atoms with E-state index in [4.69, 9.17) is 9.47 Å². The lowest BCUT2D eigenvalue weighted by atomic mass is 10.2. The van der Waals surface area contributed by atoms with Crippen LogP contribution in [0.25, 0.3) is 0 Å². The zero-order chi connectivity index (χ0) is 21.3. The van der Waals surface area contributed by atoms with Gasteiger partial charge in [0.1, 0.15) is 10.6 Å². The third-order valence-corrected chi connectivity index (χ3v) is 6.48. The highest BCUT2D eigenvalue weighted by atomic mass is 32.2. The summed E-state index contributed by atoms with van der Waals surface area (Å²) in [5.74, 6) is -0.236. The fourth-order valence-electron chi connectivity index (χ4n) is 3.07. The van der Waals surface area contributed by atoms with Gasteiger partial charge in [-0.3, -0.25) is 4.79 Å². The number of carbonyl (C=O) groups excluding carboxylic acids is 2. The summed E-state index contributed by atoms with van der Waals surface area (Å²) < 4.78 is 37.7. The summed E-state index contributed by atoms with van der Waals surface area (Å²) in [6.45, 7) is 3.25. The Morgan fingerprint density at radius 1 is 1.07 bits per heavy atom. The lowest BCUT2D eigenvalue weighted by molar-refractivity contribution is 0.0952. The van der Waals surface area contributed by atoms with Crippen molar-refractivity contribution in [2.24, 2.45) is 0 Å². The van der Waals surface area contributed by atoms with Crippen LogP contribution in [-0.2, 0) is 14.8 Å². The van der Waals surface area contributed by atoms with E-state index in [1.54, 1.807) is 6.92 Å². The van der Waals surface area contributed by atoms with Crippen LogP contribution >= 0.6 is 0 Å². The molecule has 10 heteroatoms. The topological polar surface area (TPSA) is 114 Å². The number of hydrogen-bond donors (Lipinski definition) is 2. The molecule has 1 aromatic rings. The molecule has 0 aromatic heterocycles. The summed E-state index contributed by atoms with van der Waals surface area (Å²) in [4.78, 5) is 23.6. The number of sulfonamides is 1. The molecule has 0 aliphatic carbocycles. The van der Waals surface area contributed by atoms with E-state index in [9.17, 15) is 18.0 Å². The van der Waals surface area contributed by atoms with E-state index in [-0.39, 0.29) is 35.9 Å². The molecule has 0 bridgehead atoms. The number of benzene rings is 1. The van der Waals surface area contributed by atoms with Crippen molar-refractivity contribution in [3.05, 3.63) is 23.8 Å². The number of methoxy groups -OCH3 is 1. The zero-order valence-corrected chi connectivity index (χ0v) is 17.7. The third kappa shape index (κ3) is 6.33. The fraction of sp³-hybridized carbons (Fsp3) is 0.579. The molecule has 0 radical (unpaired) electrons. The first-order valence-electron chi connectivity index (χ1n) is 9.77. The number of nitrogens with one attached hydrogen (secondary N) is 2. The van der Waals surface area contributed by atoms with E-state index in [0.29, 0.717) is 13.1 Å². The van der Waals surface area contributed by atoms with Crippen molar-refractivity contribution in [1.29, 1.82) is 0 Å². The summed E-state index contributed by atoms with van der Waals surface area (Å²) in [6, 6.07) is 4.33. The molecular weight excluding hydrogens is 398 g/mol. The van der Waals surface area contributed by atoms with Gasteiger partial charge in [0.25, 0.3) is 5.91 Å². The minimum atomic E-state index is -3.77. The second kappa shape index (κ2) is 11.0. The molecule has 1 fully saturated rings. The van der Waals surface area contributed by atoms with Crippen molar-refractivity contribution in [3.63, 3.8) is 0 Å². The van der Waals surface area contributed by atoms with E-state index in [1.807, 2.05) is 0 Å². The van der Waals surface area contributed by atoms with E-state index >= 15 is 0 Å². The number of ether oxygens (including phenoxy) is 2. The number of carbonyl (C=O) groups is 2. The van der Waals surface area contributed by atoms with Crippen LogP contribution in [0.5, 0.6) is 5.75 Å². The van der Waals surface area contributed by atoms with E-state index in [0.717, 1.165) is 25.7 Å². The van der Waals surface area contributed by atoms with Gasteiger partial charge in [0.2, 0.25) is 10.0 Å². The number of rotatable bonds is 8. The Labute approximate surface area is 171 Å². The molecule has 1 heterocycles. The highest BCUT2D eigenvalue weighted by Crippen LogP contribution is 2.29. The van der Waals surface area contributed by atoms with Crippen LogP contribution in [0.2, 0.25) is 0 Å². The Morgan fingerprint density at radius 3 is 2.34 bits per heavy atom. The molecule has 2 N–H and O–H groups in total. The second-order valence-electron chi connectivity index (χ2n) is 6.59. The Balaban J connectivity index is 2.11. The highest BCUT2D eigenvalue weighted by molar-refractivity contribution is 7.89. The first-order chi connectivity index (χ1) is 13.9. The molecule has 2 amide bonds. The van der Waals surface area contributed by atoms with Crippen molar-refractivity contribution < 1.29 is 27.5 Å². The van der Waals surface area contributed by atoms with Gasteiger partial charge < -0.3 is 20.1 Å². The largest absolute Gasteiger partial charge is 0.495 e. The van der Waals surface area contributed by atoms with Crippen molar-refractivity contribution >= 4 is 22.0 Å². The zero-order valence-electron chi connectivity index (χ0n) is 16.9. The summed E-state index contributed by atoms with van der Waals surface area (Å²) in [5, 5.41) is 5.14. The van der Waals surface area contributed by atoms with Gasteiger partial charge in [-0.15, -0.1) is 0 Å². The van der Waals surface area contributed by atoms with Crippen molar-refractivity contribution in [2.45, 2.75) is 37.5 Å². The van der Waals surface area contributed by atoms with Gasteiger partial charge in [0, 0.05) is 31.7 Å². The quantitative estimate of drug-likeness (QED) is 0.611. The molecule has 0 spiro atoms. The SMILES string of the molecule is CCOC(=O)NCCNC(=O)c1ccc(OC)c(S(=O)(=O)N2CCCCCC2)c1. The smallest absolute Gasteiger partial charge is 0.407 e. The standard InChI is InChI=1S/C19H29N3O6S/c1-3-28-19(24)21-11-10-20-18(23)15-8-9-16(27-2)17(14-15)29(25,26)22-12-6-4-5-7-13-22/h8-9,14H,3-7,10-13H2,1-2H3,(H,20,23)(H,21,24). The lowest BCUT2D eigenvalue weighted by Gasteiger charge is -2.21. The normalized spacial score (nSPS) is 15.2. The van der Waals surface area contributed by atoms with Crippen LogP contribution in [0.15, 0.2) is 23.1 Å². The summed E-state index contributed by atoms with van der Waals surface area (Å²) in [5.41, 5.74) is 0.204. The lowest BCUT2D eigenvalue weighted by Crippen LogP contribution is -2.35. The average Bonchev–Trinajstić information content (AvgIpc) is 3.01. The minimum Gasteiger partial charge on any atom is -0.495 e. The number of nitrogens with zero attached hydrogens (tertiary/aromatic N) is 1. The average molecular weight is 428 g/mol.